The van der Waals surface area contributed by atoms with Gasteiger partial charge in [-0.05, 0) is 29.5 Å². The van der Waals surface area contributed by atoms with E-state index in [-0.39, 0.29) is 56.8 Å². The molecule has 0 bridgehead atoms. The van der Waals surface area contributed by atoms with Crippen LogP contribution in [0.15, 0.2) is 24.3 Å². The first-order chi connectivity index (χ1) is 5.56. The third kappa shape index (κ3) is 3.72. The van der Waals surface area contributed by atoms with E-state index in [2.05, 4.69) is 20.8 Å². The van der Waals surface area contributed by atoms with E-state index in [1.165, 1.54) is 5.56 Å². The molecule has 0 aliphatic heterocycles. The van der Waals surface area contributed by atoms with Crippen LogP contribution in [0.5, 0.6) is 5.75 Å². The van der Waals surface area contributed by atoms with Crippen LogP contribution in [0, 0.1) is 0 Å². The fraction of sp³-hybridized carbons (Fsp3) is 0.455. The summed E-state index contributed by atoms with van der Waals surface area (Å²) >= 11 is 0. The maximum atomic E-state index is 9.10. The van der Waals surface area contributed by atoms with E-state index in [1.54, 1.807) is 12.1 Å². The van der Waals surface area contributed by atoms with Crippen LogP contribution in [0.2, 0.25) is 0 Å². The van der Waals surface area contributed by atoms with Crippen LogP contribution in [0.4, 0.5) is 0 Å². The molecule has 1 aromatic carbocycles. The van der Waals surface area contributed by atoms with E-state index >= 15 is 0 Å². The van der Waals surface area contributed by atoms with Gasteiger partial charge in [-0.3, -0.25) is 0 Å². The molecule has 0 fully saturated rings. The average Bonchev–Trinajstić information content (AvgIpc) is 2.05. The van der Waals surface area contributed by atoms with Gasteiger partial charge in [-0.2, -0.15) is 0 Å². The molecule has 68 valence electrons. The van der Waals surface area contributed by atoms with E-state index in [4.69, 9.17) is 5.11 Å². The quantitative estimate of drug-likeness (QED) is 0.734. The van der Waals surface area contributed by atoms with Gasteiger partial charge in [0.25, 0.3) is 0 Å². The van der Waals surface area contributed by atoms with Crippen molar-refractivity contribution in [2.24, 2.45) is 0 Å². The van der Waals surface area contributed by atoms with Crippen LogP contribution in [-0.4, -0.2) is 56.5 Å². The Balaban J connectivity index is 0.00000144. The SMILES string of the molecule is CCC(C)(C)c1ccc(O)cc1.[KH]. The van der Waals surface area contributed by atoms with Crippen LogP contribution in [-0.2, 0) is 5.41 Å². The number of phenolic OH excluding ortho intramolecular Hbond substituents is 1. The summed E-state index contributed by atoms with van der Waals surface area (Å²) in [6.45, 7) is 6.59. The van der Waals surface area contributed by atoms with Gasteiger partial charge >= 0.3 is 51.4 Å². The first-order valence-electron chi connectivity index (χ1n) is 4.36. The Morgan fingerprint density at radius 1 is 1.15 bits per heavy atom. The number of phenols is 1. The molecular weight excluding hydrogens is 187 g/mol. The van der Waals surface area contributed by atoms with Crippen molar-refractivity contribution >= 4 is 51.4 Å². The van der Waals surface area contributed by atoms with E-state index in [9.17, 15) is 0 Å². The Morgan fingerprint density at radius 2 is 1.62 bits per heavy atom. The zero-order valence-corrected chi connectivity index (χ0v) is 7.96. The van der Waals surface area contributed by atoms with Gasteiger partial charge in [0.05, 0.1) is 0 Å². The first-order valence-corrected chi connectivity index (χ1v) is 4.36. The number of benzene rings is 1. The van der Waals surface area contributed by atoms with Gasteiger partial charge in [-0.25, -0.2) is 0 Å². The molecule has 0 radical (unpaired) electrons. The van der Waals surface area contributed by atoms with Crippen molar-refractivity contribution in [3.63, 3.8) is 0 Å². The van der Waals surface area contributed by atoms with E-state index in [1.807, 2.05) is 12.1 Å². The second-order valence-electron chi connectivity index (χ2n) is 3.78. The Kier molecular flexibility index (Phi) is 5.79. The number of hydrogen-bond donors (Lipinski definition) is 1. The molecule has 0 spiro atoms. The topological polar surface area (TPSA) is 20.2 Å². The molecular formula is C11H17KO. The zero-order valence-electron chi connectivity index (χ0n) is 7.96. The van der Waals surface area contributed by atoms with Gasteiger partial charge < -0.3 is 5.11 Å². The zero-order chi connectivity index (χ0) is 9.19. The van der Waals surface area contributed by atoms with Gasteiger partial charge in [0.1, 0.15) is 5.75 Å². The molecule has 0 unspecified atom stereocenters. The minimum absolute atomic E-state index is 0. The molecule has 1 aromatic rings. The van der Waals surface area contributed by atoms with E-state index < -0.39 is 0 Å². The van der Waals surface area contributed by atoms with Gasteiger partial charge in [-0.1, -0.05) is 32.9 Å². The molecule has 0 aliphatic rings. The van der Waals surface area contributed by atoms with Crippen molar-refractivity contribution in [3.8, 4) is 5.75 Å². The van der Waals surface area contributed by atoms with Crippen molar-refractivity contribution in [1.82, 2.24) is 0 Å². The van der Waals surface area contributed by atoms with Crippen molar-refractivity contribution in [1.29, 1.82) is 0 Å². The molecule has 13 heavy (non-hydrogen) atoms. The number of rotatable bonds is 2. The Bertz CT molecular complexity index is 251. The summed E-state index contributed by atoms with van der Waals surface area (Å²) in [5.74, 6) is 0.339. The summed E-state index contributed by atoms with van der Waals surface area (Å²) in [4.78, 5) is 0. The molecule has 1 rings (SSSR count). The third-order valence-corrected chi connectivity index (χ3v) is 2.53. The van der Waals surface area contributed by atoms with Crippen molar-refractivity contribution < 1.29 is 5.11 Å². The molecule has 1 N–H and O–H groups in total. The summed E-state index contributed by atoms with van der Waals surface area (Å²) in [6, 6.07) is 7.46. The van der Waals surface area contributed by atoms with Gasteiger partial charge in [0, 0.05) is 0 Å². The first kappa shape index (κ1) is 13.7. The monoisotopic (exact) mass is 204 g/mol. The fourth-order valence-corrected chi connectivity index (χ4v) is 1.12. The van der Waals surface area contributed by atoms with Crippen molar-refractivity contribution in [2.45, 2.75) is 32.6 Å². The van der Waals surface area contributed by atoms with Crippen LogP contribution >= 0.6 is 0 Å². The average molecular weight is 204 g/mol. The van der Waals surface area contributed by atoms with Crippen LogP contribution in [0.1, 0.15) is 32.8 Å². The molecule has 0 aromatic heterocycles. The summed E-state index contributed by atoms with van der Waals surface area (Å²) in [5.41, 5.74) is 1.50. The van der Waals surface area contributed by atoms with Crippen molar-refractivity contribution in [3.05, 3.63) is 29.8 Å². The molecule has 0 saturated carbocycles. The predicted molar refractivity (Wildman–Crippen MR) is 58.6 cm³/mol. The van der Waals surface area contributed by atoms with Gasteiger partial charge in [-0.15, -0.1) is 0 Å². The van der Waals surface area contributed by atoms with E-state index in [0.29, 0.717) is 5.75 Å². The minimum atomic E-state index is 0. The van der Waals surface area contributed by atoms with Crippen molar-refractivity contribution in [2.75, 3.05) is 0 Å². The predicted octanol–water partition coefficient (Wildman–Crippen LogP) is 2.43. The molecule has 0 saturated heterocycles. The molecule has 0 amide bonds. The van der Waals surface area contributed by atoms with Crippen LogP contribution in [0.3, 0.4) is 0 Å². The number of aromatic hydroxyl groups is 1. The van der Waals surface area contributed by atoms with Crippen LogP contribution < -0.4 is 0 Å². The summed E-state index contributed by atoms with van der Waals surface area (Å²) in [5, 5.41) is 9.10. The standard InChI is InChI=1S/C11H16O.K.H/c1-4-11(2,3)9-5-7-10(12)8-6-9;;/h5-8,12H,4H2,1-3H3;;. The van der Waals surface area contributed by atoms with Gasteiger partial charge in [0.15, 0.2) is 0 Å². The number of hydrogen-bond acceptors (Lipinski definition) is 1. The molecule has 0 aliphatic carbocycles. The summed E-state index contributed by atoms with van der Waals surface area (Å²) in [6.07, 6.45) is 1.11. The molecule has 0 heterocycles. The fourth-order valence-electron chi connectivity index (χ4n) is 1.12. The molecule has 2 heteroatoms. The molecule has 1 nitrogen and oxygen atoms in total. The Morgan fingerprint density at radius 3 is 2.00 bits per heavy atom. The van der Waals surface area contributed by atoms with E-state index in [0.717, 1.165) is 6.42 Å². The normalized spacial score (nSPS) is 10.7. The Labute approximate surface area is 123 Å². The van der Waals surface area contributed by atoms with Gasteiger partial charge in [0.2, 0.25) is 0 Å². The Hall–Kier alpha value is 0.656. The second kappa shape index (κ2) is 5.52. The summed E-state index contributed by atoms with van der Waals surface area (Å²) < 4.78 is 0. The molecule has 0 atom stereocenters. The second-order valence-corrected chi connectivity index (χ2v) is 3.78. The summed E-state index contributed by atoms with van der Waals surface area (Å²) in [7, 11) is 0. The third-order valence-electron chi connectivity index (χ3n) is 2.53. The maximum absolute atomic E-state index is 9.10. The van der Waals surface area contributed by atoms with Crippen LogP contribution in [0.25, 0.3) is 0 Å².